The van der Waals surface area contributed by atoms with Crippen molar-refractivity contribution in [1.29, 1.82) is 0 Å². The Labute approximate surface area is 102 Å². The quantitative estimate of drug-likeness (QED) is 0.674. The first kappa shape index (κ1) is 11.2. The fourth-order valence-electron chi connectivity index (χ4n) is 1.81. The van der Waals surface area contributed by atoms with Gasteiger partial charge in [0.2, 0.25) is 0 Å². The van der Waals surface area contributed by atoms with Gasteiger partial charge in [-0.25, -0.2) is 0 Å². The molecule has 0 radical (unpaired) electrons. The molecule has 0 aliphatic carbocycles. The third kappa shape index (κ3) is 2.28. The summed E-state index contributed by atoms with van der Waals surface area (Å²) in [6.07, 6.45) is 11.5. The second-order valence-electron chi connectivity index (χ2n) is 3.67. The lowest BCUT2D eigenvalue weighted by molar-refractivity contribution is 1.18. The van der Waals surface area contributed by atoms with Crippen LogP contribution in [0.4, 0.5) is 0 Å². The van der Waals surface area contributed by atoms with Crippen LogP contribution >= 0.6 is 0 Å². The Morgan fingerprint density at radius 2 is 1.88 bits per heavy atom. The molecule has 1 heteroatoms. The molecule has 0 aliphatic heterocycles. The topological polar surface area (TPSA) is 4.93 Å². The molecule has 0 aliphatic rings. The maximum atomic E-state index is 3.75. The number of para-hydroxylation sites is 1. The Kier molecular flexibility index (Phi) is 3.41. The summed E-state index contributed by atoms with van der Waals surface area (Å²) in [5, 5.41) is 1.23. The molecule has 2 rings (SSSR count). The van der Waals surface area contributed by atoms with Gasteiger partial charge in [-0.1, -0.05) is 49.6 Å². The van der Waals surface area contributed by atoms with E-state index in [2.05, 4.69) is 42.1 Å². The first-order chi connectivity index (χ1) is 8.36. The van der Waals surface area contributed by atoms with Crippen molar-refractivity contribution in [1.82, 2.24) is 4.57 Å². The molecule has 2 aromatic rings. The maximum absolute atomic E-state index is 3.75. The van der Waals surface area contributed by atoms with Crippen molar-refractivity contribution < 1.29 is 0 Å². The van der Waals surface area contributed by atoms with Crippen LogP contribution in [-0.2, 0) is 0 Å². The number of hydrogen-bond acceptors (Lipinski definition) is 0. The summed E-state index contributed by atoms with van der Waals surface area (Å²) in [5.41, 5.74) is 2.26. The smallest absolute Gasteiger partial charge is 0.0528 e. The van der Waals surface area contributed by atoms with Crippen LogP contribution in [0.3, 0.4) is 0 Å². The predicted octanol–water partition coefficient (Wildman–Crippen LogP) is 4.41. The summed E-state index contributed by atoms with van der Waals surface area (Å²) in [4.78, 5) is 0. The van der Waals surface area contributed by atoms with Crippen molar-refractivity contribution in [2.75, 3.05) is 0 Å². The van der Waals surface area contributed by atoms with Gasteiger partial charge >= 0.3 is 0 Å². The monoisotopic (exact) mass is 221 g/mol. The van der Waals surface area contributed by atoms with Crippen LogP contribution < -0.4 is 0 Å². The van der Waals surface area contributed by atoms with Gasteiger partial charge in [0.1, 0.15) is 0 Å². The summed E-state index contributed by atoms with van der Waals surface area (Å²) in [6, 6.07) is 10.4. The Bertz CT molecular complexity index is 597. The van der Waals surface area contributed by atoms with E-state index < -0.39 is 0 Å². The summed E-state index contributed by atoms with van der Waals surface area (Å²) >= 11 is 0. The molecule has 1 nitrogen and oxygen atoms in total. The second-order valence-corrected chi connectivity index (χ2v) is 3.67. The van der Waals surface area contributed by atoms with E-state index in [0.29, 0.717) is 0 Å². The van der Waals surface area contributed by atoms with E-state index in [1.807, 2.05) is 30.4 Å². The third-order valence-electron chi connectivity index (χ3n) is 2.57. The molecule has 0 bridgehead atoms. The van der Waals surface area contributed by atoms with Crippen molar-refractivity contribution in [2.45, 2.75) is 0 Å². The molecule has 0 saturated heterocycles. The van der Waals surface area contributed by atoms with Crippen molar-refractivity contribution in [3.63, 3.8) is 0 Å². The number of allylic oxidation sites excluding steroid dienone is 6. The van der Waals surface area contributed by atoms with Crippen molar-refractivity contribution >= 4 is 16.6 Å². The van der Waals surface area contributed by atoms with Crippen LogP contribution in [0.25, 0.3) is 16.6 Å². The Morgan fingerprint density at radius 3 is 2.65 bits per heavy atom. The van der Waals surface area contributed by atoms with E-state index in [9.17, 15) is 0 Å². The molecule has 84 valence electrons. The molecule has 17 heavy (non-hydrogen) atoms. The molecule has 0 fully saturated rings. The first-order valence-electron chi connectivity index (χ1n) is 5.55. The highest BCUT2D eigenvalue weighted by Crippen LogP contribution is 2.20. The maximum Gasteiger partial charge on any atom is 0.0528 e. The lowest BCUT2D eigenvalue weighted by atomic mass is 10.2. The highest BCUT2D eigenvalue weighted by atomic mass is 15.0. The standard InChI is InChI=1S/C16H15N/c1-3-5-10-15(8-4-2)17-13-12-14-9-6-7-11-16(14)17/h3-13H,1-2H2/b10-5-,15-8+. The summed E-state index contributed by atoms with van der Waals surface area (Å²) < 4.78 is 2.14. The van der Waals surface area contributed by atoms with Crippen molar-refractivity contribution in [2.24, 2.45) is 0 Å². The summed E-state index contributed by atoms with van der Waals surface area (Å²) in [5.74, 6) is 0. The number of fused-ring (bicyclic) bond motifs is 1. The van der Waals surface area contributed by atoms with Gasteiger partial charge in [-0.2, -0.15) is 0 Å². The molecule has 0 N–H and O–H groups in total. The van der Waals surface area contributed by atoms with E-state index in [0.717, 1.165) is 5.70 Å². The SMILES string of the molecule is C=C/C=C\C(=C/C=C)n1ccc2ccccc21. The van der Waals surface area contributed by atoms with E-state index in [1.165, 1.54) is 10.9 Å². The largest absolute Gasteiger partial charge is 0.317 e. The van der Waals surface area contributed by atoms with Crippen molar-refractivity contribution in [3.8, 4) is 0 Å². The normalized spacial score (nSPS) is 12.1. The molecule has 0 amide bonds. The van der Waals surface area contributed by atoms with E-state index in [1.54, 1.807) is 12.2 Å². The van der Waals surface area contributed by atoms with E-state index in [-0.39, 0.29) is 0 Å². The molecule has 0 atom stereocenters. The molecule has 0 unspecified atom stereocenters. The zero-order chi connectivity index (χ0) is 12.1. The first-order valence-corrected chi connectivity index (χ1v) is 5.55. The van der Waals surface area contributed by atoms with Crippen molar-refractivity contribution in [3.05, 3.63) is 80.1 Å². The Morgan fingerprint density at radius 1 is 1.06 bits per heavy atom. The second kappa shape index (κ2) is 5.17. The number of rotatable bonds is 4. The lowest BCUT2D eigenvalue weighted by Crippen LogP contribution is -1.91. The van der Waals surface area contributed by atoms with Crippen LogP contribution in [0.1, 0.15) is 0 Å². The van der Waals surface area contributed by atoms with E-state index in [4.69, 9.17) is 0 Å². The molecule has 1 aromatic heterocycles. The molecule has 1 aromatic carbocycles. The molecular formula is C16H15N. The van der Waals surface area contributed by atoms with Gasteiger partial charge in [-0.15, -0.1) is 0 Å². The number of benzene rings is 1. The fraction of sp³-hybridized carbons (Fsp3) is 0. The summed E-state index contributed by atoms with van der Waals surface area (Å²) in [6.45, 7) is 7.44. The number of hydrogen-bond donors (Lipinski definition) is 0. The third-order valence-corrected chi connectivity index (χ3v) is 2.57. The van der Waals surface area contributed by atoms with Crippen LogP contribution in [-0.4, -0.2) is 4.57 Å². The molecule has 0 saturated carbocycles. The zero-order valence-corrected chi connectivity index (χ0v) is 9.71. The minimum Gasteiger partial charge on any atom is -0.317 e. The molecule has 1 heterocycles. The average Bonchev–Trinajstić information content (AvgIpc) is 2.78. The Hall–Kier alpha value is -2.28. The average molecular weight is 221 g/mol. The lowest BCUT2D eigenvalue weighted by Gasteiger charge is -2.05. The zero-order valence-electron chi connectivity index (χ0n) is 9.71. The van der Waals surface area contributed by atoms with Gasteiger partial charge in [0, 0.05) is 11.9 Å². The Balaban J connectivity index is 2.56. The summed E-state index contributed by atoms with van der Waals surface area (Å²) in [7, 11) is 0. The highest BCUT2D eigenvalue weighted by Gasteiger charge is 2.01. The fourth-order valence-corrected chi connectivity index (χ4v) is 1.81. The molecule has 0 spiro atoms. The van der Waals surface area contributed by atoms with Crippen LogP contribution in [0.2, 0.25) is 0 Å². The van der Waals surface area contributed by atoms with Crippen LogP contribution in [0, 0.1) is 0 Å². The van der Waals surface area contributed by atoms with E-state index >= 15 is 0 Å². The highest BCUT2D eigenvalue weighted by molar-refractivity contribution is 5.84. The van der Waals surface area contributed by atoms with Gasteiger partial charge in [-0.3, -0.25) is 0 Å². The predicted molar refractivity (Wildman–Crippen MR) is 75.7 cm³/mol. The minimum atomic E-state index is 1.07. The van der Waals surface area contributed by atoms with Gasteiger partial charge in [0.05, 0.1) is 5.52 Å². The van der Waals surface area contributed by atoms with Crippen LogP contribution in [0.15, 0.2) is 80.1 Å². The van der Waals surface area contributed by atoms with Gasteiger partial charge < -0.3 is 4.57 Å². The van der Waals surface area contributed by atoms with Crippen LogP contribution in [0.5, 0.6) is 0 Å². The van der Waals surface area contributed by atoms with Gasteiger partial charge in [0.15, 0.2) is 0 Å². The number of nitrogens with zero attached hydrogens (tertiary/aromatic N) is 1. The van der Waals surface area contributed by atoms with Gasteiger partial charge in [-0.05, 0) is 29.7 Å². The molecular weight excluding hydrogens is 206 g/mol. The minimum absolute atomic E-state index is 1.07. The van der Waals surface area contributed by atoms with Gasteiger partial charge in [0.25, 0.3) is 0 Å². The number of aromatic nitrogens is 1.